The normalized spacial score (nSPS) is 13.2. The van der Waals surface area contributed by atoms with Crippen molar-refractivity contribution in [2.45, 2.75) is 0 Å². The summed E-state index contributed by atoms with van der Waals surface area (Å²) in [5.41, 5.74) is 1.14. The minimum absolute atomic E-state index is 0.0479. The minimum atomic E-state index is -0.462. The van der Waals surface area contributed by atoms with Crippen LogP contribution in [0.5, 0.6) is 11.5 Å². The first-order valence-corrected chi connectivity index (χ1v) is 5.95. The van der Waals surface area contributed by atoms with Gasteiger partial charge in [0.25, 0.3) is 5.69 Å². The number of anilines is 1. The van der Waals surface area contributed by atoms with Crippen molar-refractivity contribution in [1.82, 2.24) is 0 Å². The van der Waals surface area contributed by atoms with Gasteiger partial charge in [-0.05, 0) is 6.72 Å². The van der Waals surface area contributed by atoms with E-state index >= 15 is 0 Å². The molecule has 0 saturated heterocycles. The average molecular weight is 277 g/mol. The van der Waals surface area contributed by atoms with Crippen LogP contribution < -0.4 is 14.4 Å². The number of methoxy groups -OCH3 is 1. The highest BCUT2D eigenvalue weighted by molar-refractivity contribution is 5.70. The van der Waals surface area contributed by atoms with Crippen LogP contribution in [0, 0.1) is 10.1 Å². The number of ether oxygens (including phenoxy) is 2. The van der Waals surface area contributed by atoms with Crippen LogP contribution in [0.3, 0.4) is 0 Å². The van der Waals surface area contributed by atoms with E-state index in [2.05, 4.69) is 18.3 Å². The third-order valence-corrected chi connectivity index (χ3v) is 3.00. The predicted octanol–water partition coefficient (Wildman–Crippen LogP) is 2.02. The van der Waals surface area contributed by atoms with Gasteiger partial charge in [0.05, 0.1) is 42.6 Å². The van der Waals surface area contributed by atoms with Crippen LogP contribution in [0.15, 0.2) is 29.4 Å². The van der Waals surface area contributed by atoms with Crippen molar-refractivity contribution in [3.8, 4) is 11.5 Å². The maximum Gasteiger partial charge on any atom is 0.275 e. The molecule has 2 rings (SSSR count). The van der Waals surface area contributed by atoms with E-state index in [0.29, 0.717) is 42.6 Å². The van der Waals surface area contributed by atoms with Gasteiger partial charge in [0, 0.05) is 6.07 Å². The SMILES string of the molecule is C=NC(=C)CN1CCOc2c(OC)cc([N+](=O)[O-])cc21. The fourth-order valence-electron chi connectivity index (χ4n) is 2.02. The van der Waals surface area contributed by atoms with E-state index < -0.39 is 4.92 Å². The first kappa shape index (κ1) is 13.9. The number of nitro benzene ring substituents is 1. The number of hydrogen-bond donors (Lipinski definition) is 0. The summed E-state index contributed by atoms with van der Waals surface area (Å²) in [6.07, 6.45) is 0. The lowest BCUT2D eigenvalue weighted by atomic mass is 10.2. The quantitative estimate of drug-likeness (QED) is 0.467. The molecule has 0 aromatic heterocycles. The molecule has 0 atom stereocenters. The van der Waals surface area contributed by atoms with Crippen molar-refractivity contribution in [3.05, 3.63) is 34.5 Å². The molecule has 1 aliphatic heterocycles. The number of nitro groups is 1. The zero-order chi connectivity index (χ0) is 14.7. The highest BCUT2D eigenvalue weighted by Crippen LogP contribution is 2.43. The number of fused-ring (bicyclic) bond motifs is 1. The maximum absolute atomic E-state index is 11.0. The number of rotatable bonds is 5. The zero-order valence-electron chi connectivity index (χ0n) is 11.2. The minimum Gasteiger partial charge on any atom is -0.493 e. The molecule has 0 aliphatic carbocycles. The monoisotopic (exact) mass is 277 g/mol. The van der Waals surface area contributed by atoms with Gasteiger partial charge in [0.15, 0.2) is 11.5 Å². The maximum atomic E-state index is 11.0. The number of hydrogen-bond acceptors (Lipinski definition) is 6. The second-order valence-electron chi connectivity index (χ2n) is 4.25. The van der Waals surface area contributed by atoms with Crippen LogP contribution in [-0.2, 0) is 0 Å². The van der Waals surface area contributed by atoms with Crippen LogP contribution >= 0.6 is 0 Å². The van der Waals surface area contributed by atoms with Gasteiger partial charge in [-0.15, -0.1) is 0 Å². The first-order chi connectivity index (χ1) is 9.56. The second-order valence-corrected chi connectivity index (χ2v) is 4.25. The Morgan fingerprint density at radius 3 is 3.00 bits per heavy atom. The van der Waals surface area contributed by atoms with Crippen LogP contribution in [0.1, 0.15) is 0 Å². The molecule has 0 spiro atoms. The average Bonchev–Trinajstić information content (AvgIpc) is 2.46. The van der Waals surface area contributed by atoms with Gasteiger partial charge in [-0.2, -0.15) is 0 Å². The number of aliphatic imine (C=N–C) groups is 1. The molecule has 0 saturated carbocycles. The van der Waals surface area contributed by atoms with Crippen LogP contribution in [-0.4, -0.2) is 38.4 Å². The highest BCUT2D eigenvalue weighted by Gasteiger charge is 2.26. The van der Waals surface area contributed by atoms with Gasteiger partial charge in [0.2, 0.25) is 0 Å². The molecule has 0 unspecified atom stereocenters. The molecule has 1 heterocycles. The number of nitrogens with zero attached hydrogens (tertiary/aromatic N) is 3. The lowest BCUT2D eigenvalue weighted by Gasteiger charge is -2.31. The van der Waals surface area contributed by atoms with E-state index in [9.17, 15) is 10.1 Å². The second kappa shape index (κ2) is 5.60. The molecule has 1 aromatic carbocycles. The Morgan fingerprint density at radius 2 is 2.40 bits per heavy atom. The summed E-state index contributed by atoms with van der Waals surface area (Å²) in [6.45, 7) is 8.67. The van der Waals surface area contributed by atoms with Crippen LogP contribution in [0.4, 0.5) is 11.4 Å². The van der Waals surface area contributed by atoms with E-state index in [4.69, 9.17) is 9.47 Å². The van der Waals surface area contributed by atoms with Crippen molar-refractivity contribution in [2.24, 2.45) is 4.99 Å². The molecule has 7 heteroatoms. The van der Waals surface area contributed by atoms with Crippen LogP contribution in [0.2, 0.25) is 0 Å². The van der Waals surface area contributed by atoms with Gasteiger partial charge in [0.1, 0.15) is 6.61 Å². The third-order valence-electron chi connectivity index (χ3n) is 3.00. The summed E-state index contributed by atoms with van der Waals surface area (Å²) in [4.78, 5) is 16.2. The standard InChI is InChI=1S/C13H15N3O4/c1-9(14-2)8-15-4-5-20-13-11(15)6-10(16(17)18)7-12(13)19-3/h6-7H,1-2,4-5,8H2,3H3. The summed E-state index contributed by atoms with van der Waals surface area (Å²) in [7, 11) is 1.45. The van der Waals surface area contributed by atoms with Crippen molar-refractivity contribution in [1.29, 1.82) is 0 Å². The van der Waals surface area contributed by atoms with Gasteiger partial charge in [-0.25, -0.2) is 0 Å². The molecule has 0 N–H and O–H groups in total. The number of benzene rings is 1. The molecule has 106 valence electrons. The Kier molecular flexibility index (Phi) is 3.88. The summed E-state index contributed by atoms with van der Waals surface area (Å²) in [6, 6.07) is 2.82. The molecule has 0 bridgehead atoms. The van der Waals surface area contributed by atoms with Gasteiger partial charge in [-0.1, -0.05) is 6.58 Å². The molecule has 20 heavy (non-hydrogen) atoms. The van der Waals surface area contributed by atoms with Crippen molar-refractivity contribution < 1.29 is 14.4 Å². The molecule has 0 fully saturated rings. The highest BCUT2D eigenvalue weighted by atomic mass is 16.6. The van der Waals surface area contributed by atoms with Crippen molar-refractivity contribution >= 4 is 18.1 Å². The van der Waals surface area contributed by atoms with E-state index in [0.717, 1.165) is 0 Å². The lowest BCUT2D eigenvalue weighted by Crippen LogP contribution is -2.34. The van der Waals surface area contributed by atoms with Gasteiger partial charge < -0.3 is 14.4 Å². The topological polar surface area (TPSA) is 77.2 Å². The van der Waals surface area contributed by atoms with E-state index in [1.807, 2.05) is 4.90 Å². The van der Waals surface area contributed by atoms with E-state index in [1.54, 1.807) is 0 Å². The Labute approximate surface area is 116 Å². The smallest absolute Gasteiger partial charge is 0.275 e. The Bertz CT molecular complexity index is 571. The molecule has 0 amide bonds. The third kappa shape index (κ3) is 2.56. The zero-order valence-corrected chi connectivity index (χ0v) is 11.2. The summed E-state index contributed by atoms with van der Waals surface area (Å²) < 4.78 is 10.7. The van der Waals surface area contributed by atoms with Crippen molar-refractivity contribution in [2.75, 3.05) is 31.7 Å². The fraction of sp³-hybridized carbons (Fsp3) is 0.308. The van der Waals surface area contributed by atoms with Crippen molar-refractivity contribution in [3.63, 3.8) is 0 Å². The first-order valence-electron chi connectivity index (χ1n) is 5.95. The molecule has 1 aliphatic rings. The van der Waals surface area contributed by atoms with E-state index in [1.165, 1.54) is 19.2 Å². The summed E-state index contributed by atoms with van der Waals surface area (Å²) in [5.74, 6) is 0.845. The molecule has 0 radical (unpaired) electrons. The van der Waals surface area contributed by atoms with Gasteiger partial charge in [-0.3, -0.25) is 15.1 Å². The summed E-state index contributed by atoms with van der Waals surface area (Å²) in [5, 5.41) is 11.0. The summed E-state index contributed by atoms with van der Waals surface area (Å²) >= 11 is 0. The fourth-order valence-corrected chi connectivity index (χ4v) is 2.02. The lowest BCUT2D eigenvalue weighted by molar-refractivity contribution is -0.384. The molecule has 1 aromatic rings. The Hall–Kier alpha value is -2.57. The number of non-ortho nitro benzene ring substituents is 1. The molecular weight excluding hydrogens is 262 g/mol. The predicted molar refractivity (Wildman–Crippen MR) is 76.0 cm³/mol. The van der Waals surface area contributed by atoms with Crippen LogP contribution in [0.25, 0.3) is 0 Å². The van der Waals surface area contributed by atoms with E-state index in [-0.39, 0.29) is 5.69 Å². The van der Waals surface area contributed by atoms with Gasteiger partial charge >= 0.3 is 0 Å². The molecular formula is C13H15N3O4. The Morgan fingerprint density at radius 1 is 1.65 bits per heavy atom. The molecule has 7 nitrogen and oxygen atoms in total. The largest absolute Gasteiger partial charge is 0.493 e. The Balaban J connectivity index is 2.47.